The van der Waals surface area contributed by atoms with Gasteiger partial charge in [-0.3, -0.25) is 9.59 Å². The van der Waals surface area contributed by atoms with Crippen LogP contribution in [0.2, 0.25) is 0 Å². The zero-order chi connectivity index (χ0) is 18.9. The van der Waals surface area contributed by atoms with Gasteiger partial charge in [0.05, 0.1) is 6.04 Å². The van der Waals surface area contributed by atoms with Crippen molar-refractivity contribution in [1.29, 1.82) is 0 Å². The van der Waals surface area contributed by atoms with E-state index in [1.54, 1.807) is 29.2 Å². The highest BCUT2D eigenvalue weighted by atomic mass is 35.5. The predicted octanol–water partition coefficient (Wildman–Crippen LogP) is 3.62. The molecule has 0 aliphatic carbocycles. The molecule has 2 aromatic carbocycles. The number of para-hydroxylation sites is 1. The van der Waals surface area contributed by atoms with E-state index in [0.29, 0.717) is 17.8 Å². The van der Waals surface area contributed by atoms with Gasteiger partial charge in [-0.1, -0.05) is 39.0 Å². The van der Waals surface area contributed by atoms with Crippen LogP contribution in [0.15, 0.2) is 48.5 Å². The summed E-state index contributed by atoms with van der Waals surface area (Å²) in [5.41, 5.74) is 9.06. The minimum Gasteiger partial charge on any atom is -0.325 e. The van der Waals surface area contributed by atoms with Crippen molar-refractivity contribution >= 4 is 35.6 Å². The summed E-state index contributed by atoms with van der Waals surface area (Å²) in [7, 11) is 0. The molecule has 144 valence electrons. The molecule has 27 heavy (non-hydrogen) atoms. The predicted molar refractivity (Wildman–Crippen MR) is 112 cm³/mol. The Morgan fingerprint density at radius 3 is 2.33 bits per heavy atom. The SMILES string of the molecule is CC(C)(C)[C@H](N)C(=O)Nc1ccc(C(=O)N2CCc3ccccc32)cc1.Cl. The van der Waals surface area contributed by atoms with Gasteiger partial charge in [-0.2, -0.15) is 0 Å². The lowest BCUT2D eigenvalue weighted by Gasteiger charge is -2.25. The number of nitrogens with two attached hydrogens (primary N) is 1. The second kappa shape index (κ2) is 8.11. The maximum absolute atomic E-state index is 12.8. The van der Waals surface area contributed by atoms with Gasteiger partial charge < -0.3 is 16.0 Å². The number of amides is 2. The Morgan fingerprint density at radius 2 is 1.70 bits per heavy atom. The lowest BCUT2D eigenvalue weighted by molar-refractivity contribution is -0.119. The molecule has 5 nitrogen and oxygen atoms in total. The van der Waals surface area contributed by atoms with Crippen molar-refractivity contribution < 1.29 is 9.59 Å². The van der Waals surface area contributed by atoms with E-state index in [9.17, 15) is 9.59 Å². The third-order valence-corrected chi connectivity index (χ3v) is 4.75. The number of hydrogen-bond acceptors (Lipinski definition) is 3. The number of carbonyl (C=O) groups excluding carboxylic acids is 2. The third-order valence-electron chi connectivity index (χ3n) is 4.75. The van der Waals surface area contributed by atoms with Crippen molar-refractivity contribution in [3.63, 3.8) is 0 Å². The van der Waals surface area contributed by atoms with Crippen LogP contribution in [-0.2, 0) is 11.2 Å². The Labute approximate surface area is 166 Å². The maximum Gasteiger partial charge on any atom is 0.258 e. The van der Waals surface area contributed by atoms with Crippen LogP contribution in [0.1, 0.15) is 36.7 Å². The number of hydrogen-bond donors (Lipinski definition) is 2. The smallest absolute Gasteiger partial charge is 0.258 e. The number of nitrogens with zero attached hydrogens (tertiary/aromatic N) is 1. The van der Waals surface area contributed by atoms with Gasteiger partial charge in [0.15, 0.2) is 0 Å². The van der Waals surface area contributed by atoms with E-state index in [1.807, 2.05) is 39.0 Å². The summed E-state index contributed by atoms with van der Waals surface area (Å²) in [6.45, 7) is 6.46. The molecule has 1 atom stereocenters. The Morgan fingerprint density at radius 1 is 1.07 bits per heavy atom. The molecular weight excluding hydrogens is 362 g/mol. The van der Waals surface area contributed by atoms with Crippen LogP contribution in [0.5, 0.6) is 0 Å². The van der Waals surface area contributed by atoms with Crippen LogP contribution >= 0.6 is 12.4 Å². The van der Waals surface area contributed by atoms with Gasteiger partial charge in [-0.05, 0) is 47.7 Å². The Balaban J connectivity index is 0.00000261. The van der Waals surface area contributed by atoms with E-state index in [1.165, 1.54) is 5.56 Å². The van der Waals surface area contributed by atoms with Gasteiger partial charge in [0.25, 0.3) is 5.91 Å². The zero-order valence-electron chi connectivity index (χ0n) is 15.9. The number of fused-ring (bicyclic) bond motifs is 1. The van der Waals surface area contributed by atoms with Crippen molar-refractivity contribution in [3.05, 3.63) is 59.7 Å². The number of anilines is 2. The van der Waals surface area contributed by atoms with Crippen molar-refractivity contribution in [1.82, 2.24) is 0 Å². The van der Waals surface area contributed by atoms with Crippen molar-refractivity contribution in [2.24, 2.45) is 11.1 Å². The molecule has 0 unspecified atom stereocenters. The Bertz CT molecular complexity index is 828. The minimum atomic E-state index is -0.607. The van der Waals surface area contributed by atoms with Crippen LogP contribution < -0.4 is 16.0 Å². The highest BCUT2D eigenvalue weighted by Crippen LogP contribution is 2.29. The van der Waals surface area contributed by atoms with E-state index >= 15 is 0 Å². The molecule has 0 saturated heterocycles. The quantitative estimate of drug-likeness (QED) is 0.844. The highest BCUT2D eigenvalue weighted by Gasteiger charge is 2.28. The fourth-order valence-corrected chi connectivity index (χ4v) is 3.01. The van der Waals surface area contributed by atoms with Gasteiger partial charge in [0.2, 0.25) is 5.91 Å². The summed E-state index contributed by atoms with van der Waals surface area (Å²) in [4.78, 5) is 26.8. The van der Waals surface area contributed by atoms with E-state index in [0.717, 1.165) is 12.1 Å². The Hall–Kier alpha value is -2.37. The fourth-order valence-electron chi connectivity index (χ4n) is 3.01. The molecular formula is C21H26ClN3O2. The monoisotopic (exact) mass is 387 g/mol. The van der Waals surface area contributed by atoms with Crippen LogP contribution in [0, 0.1) is 5.41 Å². The van der Waals surface area contributed by atoms with E-state index in [2.05, 4.69) is 11.4 Å². The summed E-state index contributed by atoms with van der Waals surface area (Å²) in [6, 6.07) is 14.3. The van der Waals surface area contributed by atoms with E-state index < -0.39 is 6.04 Å². The molecule has 2 aromatic rings. The molecule has 1 aliphatic heterocycles. The van der Waals surface area contributed by atoms with E-state index in [4.69, 9.17) is 5.73 Å². The molecule has 3 rings (SSSR count). The van der Waals surface area contributed by atoms with Gasteiger partial charge in [-0.15, -0.1) is 12.4 Å². The van der Waals surface area contributed by atoms with Gasteiger partial charge >= 0.3 is 0 Å². The largest absolute Gasteiger partial charge is 0.325 e. The first kappa shape index (κ1) is 20.9. The highest BCUT2D eigenvalue weighted by molar-refractivity contribution is 6.07. The average molecular weight is 388 g/mol. The van der Waals surface area contributed by atoms with Gasteiger partial charge in [0.1, 0.15) is 0 Å². The topological polar surface area (TPSA) is 75.4 Å². The van der Waals surface area contributed by atoms with Crippen LogP contribution in [0.25, 0.3) is 0 Å². The molecule has 0 radical (unpaired) electrons. The molecule has 0 bridgehead atoms. The second-order valence-electron chi connectivity index (χ2n) is 7.75. The fraction of sp³-hybridized carbons (Fsp3) is 0.333. The van der Waals surface area contributed by atoms with Crippen LogP contribution in [-0.4, -0.2) is 24.4 Å². The summed E-state index contributed by atoms with van der Waals surface area (Å²) in [5, 5.41) is 2.81. The average Bonchev–Trinajstić information content (AvgIpc) is 3.04. The third kappa shape index (κ3) is 4.49. The molecule has 3 N–H and O–H groups in total. The first-order chi connectivity index (χ1) is 12.3. The summed E-state index contributed by atoms with van der Waals surface area (Å²) in [6.07, 6.45) is 0.876. The van der Waals surface area contributed by atoms with E-state index in [-0.39, 0.29) is 29.6 Å². The molecule has 1 aliphatic rings. The van der Waals surface area contributed by atoms with Crippen molar-refractivity contribution in [2.45, 2.75) is 33.2 Å². The van der Waals surface area contributed by atoms with Crippen LogP contribution in [0.4, 0.5) is 11.4 Å². The molecule has 0 saturated carbocycles. The lowest BCUT2D eigenvalue weighted by atomic mass is 9.87. The van der Waals surface area contributed by atoms with Crippen molar-refractivity contribution in [3.8, 4) is 0 Å². The van der Waals surface area contributed by atoms with Gasteiger partial charge in [-0.25, -0.2) is 0 Å². The summed E-state index contributed by atoms with van der Waals surface area (Å²) in [5.74, 6) is -0.260. The number of rotatable bonds is 3. The second-order valence-corrected chi connectivity index (χ2v) is 7.75. The lowest BCUT2D eigenvalue weighted by Crippen LogP contribution is -2.45. The number of halogens is 1. The molecule has 6 heteroatoms. The normalized spacial score (nSPS) is 14.1. The van der Waals surface area contributed by atoms with Crippen LogP contribution in [0.3, 0.4) is 0 Å². The maximum atomic E-state index is 12.8. The summed E-state index contributed by atoms with van der Waals surface area (Å²) < 4.78 is 0. The number of carbonyl (C=O) groups is 2. The first-order valence-corrected chi connectivity index (χ1v) is 8.83. The molecule has 0 fully saturated rings. The summed E-state index contributed by atoms with van der Waals surface area (Å²) >= 11 is 0. The van der Waals surface area contributed by atoms with Crippen molar-refractivity contribution in [2.75, 3.05) is 16.8 Å². The zero-order valence-corrected chi connectivity index (χ0v) is 16.7. The standard InChI is InChI=1S/C21H25N3O2.ClH/c1-21(2,3)18(22)19(25)23-16-10-8-15(9-11-16)20(26)24-13-12-14-6-4-5-7-17(14)24;/h4-11,18H,12-13,22H2,1-3H3,(H,23,25);1H/t18-;/m1./s1. The molecule has 1 heterocycles. The minimum absolute atomic E-state index is 0. The van der Waals surface area contributed by atoms with Gasteiger partial charge in [0, 0.05) is 23.5 Å². The molecule has 2 amide bonds. The molecule has 0 aromatic heterocycles. The number of nitrogens with one attached hydrogen (secondary N) is 1. The first-order valence-electron chi connectivity index (χ1n) is 8.83. The Kier molecular flexibility index (Phi) is 6.29. The number of benzene rings is 2. The molecule has 0 spiro atoms.